The zero-order valence-corrected chi connectivity index (χ0v) is 13.3. The molecule has 2 bridgehead atoms. The van der Waals surface area contributed by atoms with Crippen LogP contribution in [-0.4, -0.2) is 34.9 Å². The number of fused-ring (bicyclic) bond motifs is 3. The Morgan fingerprint density at radius 1 is 1.23 bits per heavy atom. The lowest BCUT2D eigenvalue weighted by atomic mass is 9.68. The smallest absolute Gasteiger partial charge is 0.206 e. The first-order valence-corrected chi connectivity index (χ1v) is 8.73. The fourth-order valence-electron chi connectivity index (χ4n) is 6.11. The molecule has 22 heavy (non-hydrogen) atoms. The molecule has 0 saturated carbocycles. The van der Waals surface area contributed by atoms with Crippen LogP contribution in [0.2, 0.25) is 0 Å². The van der Waals surface area contributed by atoms with Crippen molar-refractivity contribution in [2.75, 3.05) is 25.0 Å². The van der Waals surface area contributed by atoms with Crippen LogP contribution in [0.4, 0.5) is 5.69 Å². The lowest BCUT2D eigenvalue weighted by Gasteiger charge is -2.59. The maximum Gasteiger partial charge on any atom is 0.206 e. The summed E-state index contributed by atoms with van der Waals surface area (Å²) >= 11 is 0. The van der Waals surface area contributed by atoms with Crippen molar-refractivity contribution in [3.63, 3.8) is 0 Å². The Morgan fingerprint density at radius 3 is 2.95 bits per heavy atom. The normalized spacial score (nSPS) is 47.5. The molecule has 1 aromatic rings. The van der Waals surface area contributed by atoms with E-state index in [1.165, 1.54) is 19.4 Å². The number of benzene rings is 1. The Bertz CT molecular complexity index is 686. The summed E-state index contributed by atoms with van der Waals surface area (Å²) in [7, 11) is 0. The van der Waals surface area contributed by atoms with Crippen molar-refractivity contribution in [2.45, 2.75) is 43.9 Å². The van der Waals surface area contributed by atoms with Crippen LogP contribution in [0.25, 0.3) is 0 Å². The Balaban J connectivity index is 1.70. The highest BCUT2D eigenvalue weighted by atomic mass is 16.3. The molecule has 3 nitrogen and oxygen atoms in total. The number of nitrogens with one attached hydrogen (secondary N) is 1. The third-order valence-electron chi connectivity index (χ3n) is 7.34. The minimum absolute atomic E-state index is 0.208. The summed E-state index contributed by atoms with van der Waals surface area (Å²) in [6.07, 6.45) is 9.21. The molecule has 2 N–H and O–H groups in total. The van der Waals surface area contributed by atoms with Gasteiger partial charge in [0.15, 0.2) is 5.60 Å². The Hall–Kier alpha value is -1.32. The molecule has 4 aliphatic rings. The second-order valence-corrected chi connectivity index (χ2v) is 7.97. The van der Waals surface area contributed by atoms with E-state index in [-0.39, 0.29) is 5.66 Å². The molecule has 4 aliphatic heterocycles. The summed E-state index contributed by atoms with van der Waals surface area (Å²) in [4.78, 5) is 0. The highest BCUT2D eigenvalue weighted by Crippen LogP contribution is 2.63. The molecule has 5 rings (SSSR count). The molecule has 1 aromatic carbocycles. The molecule has 0 aromatic heterocycles. The average molecular weight is 297 g/mol. The fourth-order valence-corrected chi connectivity index (χ4v) is 6.11. The van der Waals surface area contributed by atoms with Crippen LogP contribution in [-0.2, 0) is 5.60 Å². The summed E-state index contributed by atoms with van der Waals surface area (Å²) in [6, 6.07) is 8.40. The monoisotopic (exact) mass is 297 g/mol. The molecule has 4 atom stereocenters. The maximum absolute atomic E-state index is 11.7. The van der Waals surface area contributed by atoms with Crippen molar-refractivity contribution >= 4 is 5.69 Å². The van der Waals surface area contributed by atoms with Crippen molar-refractivity contribution in [3.8, 4) is 0 Å². The summed E-state index contributed by atoms with van der Waals surface area (Å²) in [5, 5.41) is 15.6. The van der Waals surface area contributed by atoms with Gasteiger partial charge in [0.2, 0.25) is 5.66 Å². The third kappa shape index (κ3) is 1.20. The number of para-hydroxylation sites is 1. The van der Waals surface area contributed by atoms with Crippen LogP contribution in [0.15, 0.2) is 36.4 Å². The second kappa shape index (κ2) is 3.77. The molecule has 2 spiro atoms. The van der Waals surface area contributed by atoms with Crippen LogP contribution in [0.5, 0.6) is 0 Å². The number of rotatable bonds is 1. The molecular weight excluding hydrogens is 272 g/mol. The van der Waals surface area contributed by atoms with E-state index in [2.05, 4.69) is 48.7 Å². The predicted molar refractivity (Wildman–Crippen MR) is 87.3 cm³/mol. The summed E-state index contributed by atoms with van der Waals surface area (Å²) < 4.78 is 1.03. The Kier molecular flexibility index (Phi) is 2.25. The molecule has 2 fully saturated rings. The van der Waals surface area contributed by atoms with E-state index in [0.29, 0.717) is 5.41 Å². The van der Waals surface area contributed by atoms with Crippen molar-refractivity contribution in [1.29, 1.82) is 0 Å². The minimum atomic E-state index is -0.700. The molecule has 0 amide bonds. The van der Waals surface area contributed by atoms with Gasteiger partial charge in [0.05, 0.1) is 19.6 Å². The van der Waals surface area contributed by atoms with Gasteiger partial charge in [-0.15, -0.1) is 0 Å². The first-order chi connectivity index (χ1) is 10.6. The summed E-state index contributed by atoms with van der Waals surface area (Å²) in [6.45, 7) is 5.65. The molecule has 116 valence electrons. The van der Waals surface area contributed by atoms with E-state index in [1.54, 1.807) is 0 Å². The Morgan fingerprint density at radius 2 is 2.09 bits per heavy atom. The van der Waals surface area contributed by atoms with Crippen LogP contribution in [0.1, 0.15) is 38.2 Å². The maximum atomic E-state index is 11.7. The average Bonchev–Trinajstić information content (AvgIpc) is 2.94. The van der Waals surface area contributed by atoms with Gasteiger partial charge in [0.25, 0.3) is 0 Å². The molecular formula is C19H25N2O+. The van der Waals surface area contributed by atoms with E-state index >= 15 is 0 Å². The standard InChI is InChI=1S/C19H25N2O/c1-2-17-8-5-12-21(14-17)13-11-18(22)15-6-3-4-7-16(15)20-19(18,21)10-9-17/h3-8,20,22H,2,9-14H2,1H3/q+1/t17-,18+,19-,21+/m0/s1. The van der Waals surface area contributed by atoms with Gasteiger partial charge in [-0.1, -0.05) is 31.2 Å². The second-order valence-electron chi connectivity index (χ2n) is 7.97. The molecule has 0 unspecified atom stereocenters. The molecule has 0 aliphatic carbocycles. The number of hydrogen-bond acceptors (Lipinski definition) is 2. The highest BCUT2D eigenvalue weighted by Gasteiger charge is 2.75. The predicted octanol–water partition coefficient (Wildman–Crippen LogP) is 2.98. The SMILES string of the molecule is CC[C@]12C=CC[N@@+]3(CC[C@@]4(O)c5ccccc5N[C@]43CC1)C2. The molecule has 0 radical (unpaired) electrons. The van der Waals surface area contributed by atoms with Gasteiger partial charge in [0.1, 0.15) is 0 Å². The van der Waals surface area contributed by atoms with Gasteiger partial charge >= 0.3 is 0 Å². The molecule has 3 heteroatoms. The van der Waals surface area contributed by atoms with Gasteiger partial charge in [0, 0.05) is 29.5 Å². The van der Waals surface area contributed by atoms with Crippen LogP contribution < -0.4 is 5.32 Å². The van der Waals surface area contributed by atoms with Gasteiger partial charge in [-0.3, -0.25) is 4.48 Å². The van der Waals surface area contributed by atoms with Crippen LogP contribution >= 0.6 is 0 Å². The van der Waals surface area contributed by atoms with Gasteiger partial charge in [-0.05, 0) is 25.0 Å². The van der Waals surface area contributed by atoms with E-state index in [9.17, 15) is 5.11 Å². The largest absolute Gasteiger partial charge is 0.377 e. The van der Waals surface area contributed by atoms with Gasteiger partial charge in [-0.2, -0.15) is 0 Å². The topological polar surface area (TPSA) is 32.3 Å². The number of hydrogen-bond donors (Lipinski definition) is 2. The van der Waals surface area contributed by atoms with E-state index < -0.39 is 5.60 Å². The zero-order chi connectivity index (χ0) is 15.1. The van der Waals surface area contributed by atoms with E-state index in [0.717, 1.165) is 41.7 Å². The number of piperidine rings is 1. The van der Waals surface area contributed by atoms with E-state index in [1.807, 2.05) is 0 Å². The third-order valence-corrected chi connectivity index (χ3v) is 7.34. The fraction of sp³-hybridized carbons (Fsp3) is 0.579. The number of nitrogens with zero attached hydrogens (tertiary/aromatic N) is 1. The first kappa shape index (κ1) is 13.1. The van der Waals surface area contributed by atoms with Gasteiger partial charge < -0.3 is 10.4 Å². The zero-order valence-electron chi connectivity index (χ0n) is 13.3. The summed E-state index contributed by atoms with van der Waals surface area (Å²) in [5.74, 6) is 0. The quantitative estimate of drug-likeness (QED) is 0.617. The van der Waals surface area contributed by atoms with Crippen molar-refractivity contribution < 1.29 is 9.59 Å². The van der Waals surface area contributed by atoms with Crippen molar-refractivity contribution in [2.24, 2.45) is 5.41 Å². The molecule has 4 heterocycles. The number of quaternary nitrogens is 1. The summed E-state index contributed by atoms with van der Waals surface area (Å²) in [5.41, 5.74) is 1.73. The molecule has 2 saturated heterocycles. The highest BCUT2D eigenvalue weighted by molar-refractivity contribution is 5.63. The van der Waals surface area contributed by atoms with Crippen LogP contribution in [0.3, 0.4) is 0 Å². The van der Waals surface area contributed by atoms with Crippen LogP contribution in [0, 0.1) is 5.41 Å². The van der Waals surface area contributed by atoms with E-state index in [4.69, 9.17) is 0 Å². The van der Waals surface area contributed by atoms with Crippen molar-refractivity contribution in [3.05, 3.63) is 42.0 Å². The minimum Gasteiger partial charge on any atom is -0.377 e. The first-order valence-electron chi connectivity index (χ1n) is 8.73. The lowest BCUT2D eigenvalue weighted by Crippen LogP contribution is -2.74. The number of aliphatic hydroxyl groups is 1. The number of anilines is 1. The van der Waals surface area contributed by atoms with Gasteiger partial charge in [-0.25, -0.2) is 0 Å². The van der Waals surface area contributed by atoms with Crippen molar-refractivity contribution in [1.82, 2.24) is 0 Å². The Labute approximate surface area is 132 Å². The lowest BCUT2D eigenvalue weighted by molar-refractivity contribution is -0.972.